The van der Waals surface area contributed by atoms with Crippen molar-refractivity contribution in [3.63, 3.8) is 0 Å². The number of unbranched alkanes of at least 4 members (excludes halogenated alkanes) is 2. The van der Waals surface area contributed by atoms with E-state index >= 15 is 0 Å². The number of likely N-dealkylation sites (N-methyl/N-ethyl adjacent to an activating group) is 2. The van der Waals surface area contributed by atoms with Crippen LogP contribution in [0.4, 0.5) is 0 Å². The van der Waals surface area contributed by atoms with Crippen LogP contribution in [0.25, 0.3) is 0 Å². The number of hydrogen-bond acceptors (Lipinski definition) is 3. The molecule has 0 aromatic rings. The van der Waals surface area contributed by atoms with E-state index in [2.05, 4.69) is 44.7 Å². The SMILES string of the molecule is CC.CCCCC.CCN(C)CC1CN(C)CCO1. The van der Waals surface area contributed by atoms with Gasteiger partial charge in [0.1, 0.15) is 0 Å². The van der Waals surface area contributed by atoms with E-state index in [4.69, 9.17) is 4.74 Å². The number of nitrogens with zero attached hydrogens (tertiary/aromatic N) is 2. The largest absolute Gasteiger partial charge is 0.374 e. The lowest BCUT2D eigenvalue weighted by Gasteiger charge is -2.32. The Hall–Kier alpha value is -0.120. The second kappa shape index (κ2) is 15.9. The second-order valence-electron chi connectivity index (χ2n) is 4.96. The van der Waals surface area contributed by atoms with Gasteiger partial charge in [0.2, 0.25) is 0 Å². The average Bonchev–Trinajstić information content (AvgIpc) is 2.42. The molecule has 0 N–H and O–H groups in total. The molecular weight excluding hydrogens is 236 g/mol. The molecule has 1 saturated heterocycles. The summed E-state index contributed by atoms with van der Waals surface area (Å²) in [6.45, 7) is 15.8. The summed E-state index contributed by atoms with van der Waals surface area (Å²) < 4.78 is 5.64. The average molecular weight is 274 g/mol. The third kappa shape index (κ3) is 14.1. The van der Waals surface area contributed by atoms with Gasteiger partial charge in [0.15, 0.2) is 0 Å². The van der Waals surface area contributed by atoms with E-state index in [0.29, 0.717) is 6.10 Å². The lowest BCUT2D eigenvalue weighted by molar-refractivity contribution is -0.0319. The molecule has 1 atom stereocenters. The van der Waals surface area contributed by atoms with Gasteiger partial charge in [-0.2, -0.15) is 0 Å². The van der Waals surface area contributed by atoms with Crippen molar-refractivity contribution in [1.82, 2.24) is 9.80 Å². The van der Waals surface area contributed by atoms with Crippen molar-refractivity contribution in [2.45, 2.75) is 60.0 Å². The molecule has 3 nitrogen and oxygen atoms in total. The van der Waals surface area contributed by atoms with Crippen LogP contribution in [0.3, 0.4) is 0 Å². The lowest BCUT2D eigenvalue weighted by Crippen LogP contribution is -2.45. The summed E-state index contributed by atoms with van der Waals surface area (Å²) in [7, 11) is 4.29. The number of hydrogen-bond donors (Lipinski definition) is 0. The first-order valence-corrected chi connectivity index (χ1v) is 8.12. The number of morpholine rings is 1. The quantitative estimate of drug-likeness (QED) is 0.763. The first-order chi connectivity index (χ1) is 9.13. The zero-order chi connectivity index (χ0) is 15.1. The van der Waals surface area contributed by atoms with E-state index in [0.717, 1.165) is 32.8 Å². The molecule has 0 aliphatic carbocycles. The molecule has 0 saturated carbocycles. The first kappa shape index (κ1) is 21.2. The van der Waals surface area contributed by atoms with Gasteiger partial charge in [0, 0.05) is 19.6 Å². The molecular formula is C16H38N2O. The van der Waals surface area contributed by atoms with Crippen LogP contribution in [0, 0.1) is 0 Å². The van der Waals surface area contributed by atoms with Crippen LogP contribution in [0.1, 0.15) is 53.9 Å². The van der Waals surface area contributed by atoms with Crippen LogP contribution in [0.5, 0.6) is 0 Å². The second-order valence-corrected chi connectivity index (χ2v) is 4.96. The molecule has 1 aliphatic heterocycles. The predicted molar refractivity (Wildman–Crippen MR) is 87.0 cm³/mol. The molecule has 1 rings (SSSR count). The van der Waals surface area contributed by atoms with Crippen molar-refractivity contribution in [3.8, 4) is 0 Å². The summed E-state index contributed by atoms with van der Waals surface area (Å²) in [5, 5.41) is 0. The highest BCUT2D eigenvalue weighted by molar-refractivity contribution is 4.71. The van der Waals surface area contributed by atoms with Gasteiger partial charge in [0.05, 0.1) is 12.7 Å². The Morgan fingerprint density at radius 2 is 1.74 bits per heavy atom. The number of rotatable bonds is 5. The summed E-state index contributed by atoms with van der Waals surface area (Å²) in [5.74, 6) is 0. The minimum atomic E-state index is 0.411. The van der Waals surface area contributed by atoms with E-state index in [1.807, 2.05) is 13.8 Å². The van der Waals surface area contributed by atoms with E-state index in [1.165, 1.54) is 19.3 Å². The molecule has 118 valence electrons. The third-order valence-electron chi connectivity index (χ3n) is 3.10. The third-order valence-corrected chi connectivity index (χ3v) is 3.10. The molecule has 1 aliphatic rings. The van der Waals surface area contributed by atoms with E-state index in [-0.39, 0.29) is 0 Å². The highest BCUT2D eigenvalue weighted by Gasteiger charge is 2.18. The Labute approximate surface area is 122 Å². The lowest BCUT2D eigenvalue weighted by atomic mass is 10.2. The minimum absolute atomic E-state index is 0.411. The van der Waals surface area contributed by atoms with Crippen molar-refractivity contribution in [1.29, 1.82) is 0 Å². The van der Waals surface area contributed by atoms with Gasteiger partial charge in [0.25, 0.3) is 0 Å². The molecule has 3 heteroatoms. The maximum absolute atomic E-state index is 5.64. The van der Waals surface area contributed by atoms with E-state index in [9.17, 15) is 0 Å². The molecule has 0 radical (unpaired) electrons. The predicted octanol–water partition coefficient (Wildman–Crippen LogP) is 3.49. The zero-order valence-corrected chi connectivity index (χ0v) is 14.5. The van der Waals surface area contributed by atoms with Crippen LogP contribution < -0.4 is 0 Å². The monoisotopic (exact) mass is 274 g/mol. The Morgan fingerprint density at radius 3 is 2.11 bits per heavy atom. The van der Waals surface area contributed by atoms with Gasteiger partial charge in [-0.1, -0.05) is 53.9 Å². The summed E-state index contributed by atoms with van der Waals surface area (Å²) in [5.41, 5.74) is 0. The van der Waals surface area contributed by atoms with Crippen LogP contribution in [0.2, 0.25) is 0 Å². The summed E-state index contributed by atoms with van der Waals surface area (Å²) in [6, 6.07) is 0. The van der Waals surface area contributed by atoms with Gasteiger partial charge < -0.3 is 14.5 Å². The van der Waals surface area contributed by atoms with Gasteiger partial charge in [-0.05, 0) is 20.6 Å². The molecule has 1 unspecified atom stereocenters. The maximum Gasteiger partial charge on any atom is 0.0829 e. The molecule has 0 aromatic heterocycles. The topological polar surface area (TPSA) is 15.7 Å². The molecule has 0 aromatic carbocycles. The fraction of sp³-hybridized carbons (Fsp3) is 1.00. The molecule has 0 spiro atoms. The molecule has 0 bridgehead atoms. The van der Waals surface area contributed by atoms with Crippen LogP contribution >= 0.6 is 0 Å². The van der Waals surface area contributed by atoms with Gasteiger partial charge in [-0.25, -0.2) is 0 Å². The number of ether oxygens (including phenoxy) is 1. The summed E-state index contributed by atoms with van der Waals surface area (Å²) in [6.07, 6.45) is 4.49. The van der Waals surface area contributed by atoms with Crippen molar-refractivity contribution >= 4 is 0 Å². The van der Waals surface area contributed by atoms with Gasteiger partial charge in [-0.3, -0.25) is 0 Å². The Morgan fingerprint density at radius 1 is 1.16 bits per heavy atom. The fourth-order valence-corrected chi connectivity index (χ4v) is 1.81. The minimum Gasteiger partial charge on any atom is -0.374 e. The van der Waals surface area contributed by atoms with E-state index in [1.54, 1.807) is 0 Å². The normalized spacial score (nSPS) is 19.3. The van der Waals surface area contributed by atoms with Crippen molar-refractivity contribution < 1.29 is 4.74 Å². The van der Waals surface area contributed by atoms with Gasteiger partial charge >= 0.3 is 0 Å². The standard InChI is InChI=1S/C9H20N2O.C5H12.C2H6/c1-4-10(2)7-9-8-11(3)5-6-12-9;1-3-5-4-2;1-2/h9H,4-8H2,1-3H3;3-5H2,1-2H3;1-2H3. The zero-order valence-electron chi connectivity index (χ0n) is 14.5. The van der Waals surface area contributed by atoms with Crippen LogP contribution in [-0.4, -0.2) is 62.8 Å². The smallest absolute Gasteiger partial charge is 0.0829 e. The molecule has 1 heterocycles. The Kier molecular flexibility index (Phi) is 17.8. The van der Waals surface area contributed by atoms with Crippen molar-refractivity contribution in [2.75, 3.05) is 46.9 Å². The van der Waals surface area contributed by atoms with Crippen molar-refractivity contribution in [3.05, 3.63) is 0 Å². The highest BCUT2D eigenvalue weighted by Crippen LogP contribution is 2.03. The van der Waals surface area contributed by atoms with Crippen LogP contribution in [0.15, 0.2) is 0 Å². The Balaban J connectivity index is 0. The van der Waals surface area contributed by atoms with Crippen LogP contribution in [-0.2, 0) is 4.74 Å². The molecule has 19 heavy (non-hydrogen) atoms. The summed E-state index contributed by atoms with van der Waals surface area (Å²) in [4.78, 5) is 4.63. The molecule has 0 amide bonds. The van der Waals surface area contributed by atoms with Crippen molar-refractivity contribution in [2.24, 2.45) is 0 Å². The first-order valence-electron chi connectivity index (χ1n) is 8.12. The Bertz CT molecular complexity index is 163. The summed E-state index contributed by atoms with van der Waals surface area (Å²) >= 11 is 0. The fourth-order valence-electron chi connectivity index (χ4n) is 1.81. The van der Waals surface area contributed by atoms with E-state index < -0.39 is 0 Å². The maximum atomic E-state index is 5.64. The highest BCUT2D eigenvalue weighted by atomic mass is 16.5. The van der Waals surface area contributed by atoms with Gasteiger partial charge in [-0.15, -0.1) is 0 Å². The molecule has 1 fully saturated rings.